The molecule has 4 aromatic rings. The largest absolute Gasteiger partial charge is 0.497 e. The number of benzene rings is 2. The fourth-order valence-corrected chi connectivity index (χ4v) is 5.20. The van der Waals surface area contributed by atoms with E-state index in [1.165, 1.54) is 11.3 Å². The topological polar surface area (TPSA) is 58.6 Å². The van der Waals surface area contributed by atoms with Crippen LogP contribution in [0.1, 0.15) is 26.9 Å². The van der Waals surface area contributed by atoms with Crippen LogP contribution in [0, 0.1) is 0 Å². The summed E-state index contributed by atoms with van der Waals surface area (Å²) in [5.74, 6) is 0.484. The SMILES string of the molecule is COc1ccc(CNC(=O)[C@H](c2cccs2)N(Cc2ccccc2)C(=O)Cc2cccs2)cc1. The van der Waals surface area contributed by atoms with Crippen LogP contribution in [0.15, 0.2) is 89.6 Å². The molecule has 0 spiro atoms. The summed E-state index contributed by atoms with van der Waals surface area (Å²) in [6, 6.07) is 24.4. The van der Waals surface area contributed by atoms with Crippen LogP contribution in [0.25, 0.3) is 0 Å². The molecule has 4 rings (SSSR count). The molecule has 174 valence electrons. The van der Waals surface area contributed by atoms with Gasteiger partial charge in [0.05, 0.1) is 13.5 Å². The smallest absolute Gasteiger partial charge is 0.248 e. The molecule has 5 nitrogen and oxygen atoms in total. The molecule has 0 aliphatic heterocycles. The van der Waals surface area contributed by atoms with E-state index in [-0.39, 0.29) is 18.2 Å². The van der Waals surface area contributed by atoms with Gasteiger partial charge in [-0.05, 0) is 46.2 Å². The van der Waals surface area contributed by atoms with Gasteiger partial charge in [0, 0.05) is 22.8 Å². The molecule has 1 N–H and O–H groups in total. The van der Waals surface area contributed by atoms with Crippen molar-refractivity contribution in [1.82, 2.24) is 10.2 Å². The van der Waals surface area contributed by atoms with E-state index >= 15 is 0 Å². The molecule has 1 atom stereocenters. The fourth-order valence-electron chi connectivity index (χ4n) is 3.67. The van der Waals surface area contributed by atoms with Gasteiger partial charge in [0.25, 0.3) is 0 Å². The number of ether oxygens (including phenoxy) is 1. The van der Waals surface area contributed by atoms with E-state index in [4.69, 9.17) is 4.74 Å². The first-order chi connectivity index (χ1) is 16.6. The van der Waals surface area contributed by atoms with Crippen molar-refractivity contribution in [2.75, 3.05) is 7.11 Å². The van der Waals surface area contributed by atoms with Crippen LogP contribution in [0.2, 0.25) is 0 Å². The van der Waals surface area contributed by atoms with Crippen LogP contribution in [-0.2, 0) is 29.1 Å². The lowest BCUT2D eigenvalue weighted by Crippen LogP contribution is -2.43. The van der Waals surface area contributed by atoms with Crippen LogP contribution >= 0.6 is 22.7 Å². The number of nitrogens with one attached hydrogen (secondary N) is 1. The number of thiophene rings is 2. The minimum Gasteiger partial charge on any atom is -0.497 e. The highest BCUT2D eigenvalue weighted by Gasteiger charge is 2.32. The van der Waals surface area contributed by atoms with Gasteiger partial charge >= 0.3 is 0 Å². The summed E-state index contributed by atoms with van der Waals surface area (Å²) in [4.78, 5) is 30.6. The Balaban J connectivity index is 1.59. The Morgan fingerprint density at radius 2 is 1.62 bits per heavy atom. The van der Waals surface area contributed by atoms with Crippen LogP contribution < -0.4 is 10.1 Å². The fraction of sp³-hybridized carbons (Fsp3) is 0.185. The van der Waals surface area contributed by atoms with E-state index in [9.17, 15) is 9.59 Å². The van der Waals surface area contributed by atoms with Crippen molar-refractivity contribution in [3.05, 3.63) is 111 Å². The van der Waals surface area contributed by atoms with Gasteiger partial charge in [0.1, 0.15) is 11.8 Å². The molecule has 34 heavy (non-hydrogen) atoms. The first-order valence-corrected chi connectivity index (χ1v) is 12.7. The zero-order chi connectivity index (χ0) is 23.8. The molecular weight excluding hydrogens is 464 g/mol. The van der Waals surface area contributed by atoms with E-state index in [0.29, 0.717) is 13.1 Å². The van der Waals surface area contributed by atoms with Gasteiger partial charge in [-0.1, -0.05) is 54.6 Å². The monoisotopic (exact) mass is 490 g/mol. The predicted molar refractivity (Wildman–Crippen MR) is 137 cm³/mol. The van der Waals surface area contributed by atoms with Crippen molar-refractivity contribution >= 4 is 34.5 Å². The molecule has 2 heterocycles. The van der Waals surface area contributed by atoms with E-state index in [0.717, 1.165) is 26.6 Å². The lowest BCUT2D eigenvalue weighted by molar-refractivity contribution is -0.141. The zero-order valence-corrected chi connectivity index (χ0v) is 20.5. The average molecular weight is 491 g/mol. The summed E-state index contributed by atoms with van der Waals surface area (Å²) in [6.45, 7) is 0.715. The van der Waals surface area contributed by atoms with Crippen LogP contribution in [0.4, 0.5) is 0 Å². The van der Waals surface area contributed by atoms with Crippen molar-refractivity contribution in [3.63, 3.8) is 0 Å². The lowest BCUT2D eigenvalue weighted by Gasteiger charge is -2.30. The molecule has 0 saturated heterocycles. The average Bonchev–Trinajstić information content (AvgIpc) is 3.58. The van der Waals surface area contributed by atoms with Crippen LogP contribution in [0.5, 0.6) is 5.75 Å². The number of rotatable bonds is 10. The third-order valence-corrected chi connectivity index (χ3v) is 7.22. The molecule has 2 amide bonds. The van der Waals surface area contributed by atoms with Crippen molar-refractivity contribution in [3.8, 4) is 5.75 Å². The Labute approximate surface area is 207 Å². The molecule has 0 bridgehead atoms. The summed E-state index contributed by atoms with van der Waals surface area (Å²) in [5, 5.41) is 6.94. The molecule has 0 unspecified atom stereocenters. The Bertz CT molecular complexity index is 1170. The third kappa shape index (κ3) is 6.12. The first kappa shape index (κ1) is 23.7. The van der Waals surface area contributed by atoms with Crippen LogP contribution in [-0.4, -0.2) is 23.8 Å². The molecule has 0 aliphatic carbocycles. The second-order valence-electron chi connectivity index (χ2n) is 7.75. The Morgan fingerprint density at radius 1 is 0.882 bits per heavy atom. The second kappa shape index (κ2) is 11.6. The summed E-state index contributed by atoms with van der Waals surface area (Å²) in [7, 11) is 1.62. The summed E-state index contributed by atoms with van der Waals surface area (Å²) >= 11 is 3.03. The van der Waals surface area contributed by atoms with Crippen molar-refractivity contribution in [1.29, 1.82) is 0 Å². The van der Waals surface area contributed by atoms with E-state index in [1.807, 2.05) is 89.6 Å². The minimum atomic E-state index is -0.717. The van der Waals surface area contributed by atoms with Gasteiger partial charge in [-0.3, -0.25) is 9.59 Å². The van der Waals surface area contributed by atoms with E-state index < -0.39 is 6.04 Å². The quantitative estimate of drug-likeness (QED) is 0.322. The third-order valence-electron chi connectivity index (χ3n) is 5.42. The normalized spacial score (nSPS) is 11.6. The molecule has 0 fully saturated rings. The molecule has 7 heteroatoms. The maximum atomic E-state index is 13.6. The van der Waals surface area contributed by atoms with Crippen molar-refractivity contribution in [2.24, 2.45) is 0 Å². The maximum Gasteiger partial charge on any atom is 0.248 e. The molecule has 0 saturated carbocycles. The van der Waals surface area contributed by atoms with Crippen LogP contribution in [0.3, 0.4) is 0 Å². The van der Waals surface area contributed by atoms with Crippen molar-refractivity contribution in [2.45, 2.75) is 25.6 Å². The summed E-state index contributed by atoms with van der Waals surface area (Å²) in [5.41, 5.74) is 1.94. The van der Waals surface area contributed by atoms with Gasteiger partial charge in [0.15, 0.2) is 0 Å². The molecule has 2 aromatic carbocycles. The molecular formula is C27H26N2O3S2. The number of carbonyl (C=O) groups is 2. The highest BCUT2D eigenvalue weighted by atomic mass is 32.1. The molecule has 2 aromatic heterocycles. The number of amides is 2. The van der Waals surface area contributed by atoms with Gasteiger partial charge < -0.3 is 15.0 Å². The highest BCUT2D eigenvalue weighted by Crippen LogP contribution is 2.29. The van der Waals surface area contributed by atoms with Gasteiger partial charge in [-0.25, -0.2) is 0 Å². The molecule has 0 aliphatic rings. The highest BCUT2D eigenvalue weighted by molar-refractivity contribution is 7.10. The second-order valence-corrected chi connectivity index (χ2v) is 9.76. The number of carbonyl (C=O) groups excluding carboxylic acids is 2. The maximum absolute atomic E-state index is 13.6. The number of nitrogens with zero attached hydrogens (tertiary/aromatic N) is 1. The Kier molecular flexibility index (Phi) is 8.12. The summed E-state index contributed by atoms with van der Waals surface area (Å²) < 4.78 is 5.21. The Morgan fingerprint density at radius 3 is 2.26 bits per heavy atom. The van der Waals surface area contributed by atoms with Gasteiger partial charge in [0.2, 0.25) is 11.8 Å². The minimum absolute atomic E-state index is 0.0794. The zero-order valence-electron chi connectivity index (χ0n) is 18.8. The number of hydrogen-bond donors (Lipinski definition) is 1. The van der Waals surface area contributed by atoms with E-state index in [2.05, 4.69) is 5.32 Å². The van der Waals surface area contributed by atoms with E-state index in [1.54, 1.807) is 23.3 Å². The first-order valence-electron chi connectivity index (χ1n) is 10.9. The molecule has 0 radical (unpaired) electrons. The summed E-state index contributed by atoms with van der Waals surface area (Å²) in [6.07, 6.45) is 0.262. The predicted octanol–water partition coefficient (Wildman–Crippen LogP) is 5.45. The lowest BCUT2D eigenvalue weighted by atomic mass is 10.1. The number of methoxy groups -OCH3 is 1. The van der Waals surface area contributed by atoms with Gasteiger partial charge in [-0.2, -0.15) is 0 Å². The standard InChI is InChI=1S/C27H26N2O3S2/c1-32-22-13-11-20(12-14-22)18-28-27(31)26(24-10-6-16-34-24)29(19-21-7-3-2-4-8-21)25(30)17-23-9-5-15-33-23/h2-16,26H,17-19H2,1H3,(H,28,31)/t26-/m0/s1. The van der Waals surface area contributed by atoms with Crippen molar-refractivity contribution < 1.29 is 14.3 Å². The number of hydrogen-bond acceptors (Lipinski definition) is 5. The van der Waals surface area contributed by atoms with Gasteiger partial charge in [-0.15, -0.1) is 22.7 Å². The Hall–Kier alpha value is -3.42.